The van der Waals surface area contributed by atoms with Crippen molar-refractivity contribution in [1.82, 2.24) is 0 Å². The van der Waals surface area contributed by atoms with Gasteiger partial charge in [0.1, 0.15) is 5.75 Å². The Bertz CT molecular complexity index is 492. The van der Waals surface area contributed by atoms with Crippen LogP contribution < -0.4 is 16.2 Å². The predicted molar refractivity (Wildman–Crippen MR) is 77.7 cm³/mol. The van der Waals surface area contributed by atoms with E-state index in [0.717, 1.165) is 17.0 Å². The van der Waals surface area contributed by atoms with E-state index in [4.69, 9.17) is 16.2 Å². The zero-order chi connectivity index (χ0) is 13.5. The van der Waals surface area contributed by atoms with Crippen molar-refractivity contribution in [3.8, 4) is 5.75 Å². The maximum Gasteiger partial charge on any atom is 0.141 e. The minimum absolute atomic E-state index is 0.697. The van der Waals surface area contributed by atoms with Gasteiger partial charge in [0.05, 0.1) is 12.8 Å². The van der Waals surface area contributed by atoms with Gasteiger partial charge >= 0.3 is 0 Å². The molecule has 0 bridgehead atoms. The molecule has 0 saturated carbocycles. The second-order valence-electron chi connectivity index (χ2n) is 4.16. The Morgan fingerprint density at radius 1 is 0.889 bits per heavy atom. The lowest BCUT2D eigenvalue weighted by atomic mass is 10.2. The van der Waals surface area contributed by atoms with E-state index in [9.17, 15) is 0 Å². The number of aryl methyl sites for hydroxylation is 2. The molecule has 2 aromatic carbocycles. The number of methoxy groups -OCH3 is 1. The third kappa shape index (κ3) is 4.37. The highest BCUT2D eigenvalue weighted by atomic mass is 16.5. The number of nitrogens with two attached hydrogens (primary N) is 2. The largest absolute Gasteiger partial charge is 0.495 e. The predicted octanol–water partition coefficient (Wildman–Crippen LogP) is 3.16. The van der Waals surface area contributed by atoms with Crippen LogP contribution in [-0.2, 0) is 0 Å². The third-order valence-electron chi connectivity index (χ3n) is 2.43. The van der Waals surface area contributed by atoms with Crippen molar-refractivity contribution in [2.24, 2.45) is 0 Å². The monoisotopic (exact) mass is 244 g/mol. The summed E-state index contributed by atoms with van der Waals surface area (Å²) in [6, 6.07) is 13.5. The summed E-state index contributed by atoms with van der Waals surface area (Å²) in [4.78, 5) is 0. The van der Waals surface area contributed by atoms with E-state index < -0.39 is 0 Å². The summed E-state index contributed by atoms with van der Waals surface area (Å²) in [5.74, 6) is 0.741. The maximum atomic E-state index is 5.61. The Morgan fingerprint density at radius 3 is 2.00 bits per heavy atom. The van der Waals surface area contributed by atoms with E-state index in [-0.39, 0.29) is 0 Å². The van der Waals surface area contributed by atoms with Crippen LogP contribution in [0.15, 0.2) is 42.5 Å². The molecule has 2 aromatic rings. The summed E-state index contributed by atoms with van der Waals surface area (Å²) < 4.78 is 4.97. The number of nitrogen functional groups attached to an aromatic ring is 2. The van der Waals surface area contributed by atoms with Crippen LogP contribution in [0.1, 0.15) is 11.1 Å². The normalized spacial score (nSPS) is 9.28. The number of hydrogen-bond acceptors (Lipinski definition) is 3. The molecule has 0 amide bonds. The van der Waals surface area contributed by atoms with Gasteiger partial charge in [0.15, 0.2) is 0 Å². The fourth-order valence-corrected chi connectivity index (χ4v) is 1.52. The molecule has 18 heavy (non-hydrogen) atoms. The molecule has 0 aliphatic heterocycles. The molecular weight excluding hydrogens is 224 g/mol. The van der Waals surface area contributed by atoms with Crippen molar-refractivity contribution in [2.75, 3.05) is 18.6 Å². The highest BCUT2D eigenvalue weighted by molar-refractivity contribution is 5.53. The quantitative estimate of drug-likeness (QED) is 0.757. The van der Waals surface area contributed by atoms with Crippen molar-refractivity contribution in [2.45, 2.75) is 13.8 Å². The van der Waals surface area contributed by atoms with Crippen molar-refractivity contribution in [3.05, 3.63) is 53.6 Å². The lowest BCUT2D eigenvalue weighted by Crippen LogP contribution is -1.91. The van der Waals surface area contributed by atoms with Crippen LogP contribution in [0, 0.1) is 13.8 Å². The fourth-order valence-electron chi connectivity index (χ4n) is 1.52. The molecule has 2 rings (SSSR count). The Labute approximate surface area is 108 Å². The van der Waals surface area contributed by atoms with Gasteiger partial charge in [-0.15, -0.1) is 0 Å². The number of ether oxygens (including phenoxy) is 1. The first-order chi connectivity index (χ1) is 8.52. The van der Waals surface area contributed by atoms with Gasteiger partial charge < -0.3 is 16.2 Å². The lowest BCUT2D eigenvalue weighted by molar-refractivity contribution is 0.417. The van der Waals surface area contributed by atoms with Crippen LogP contribution in [-0.4, -0.2) is 7.11 Å². The topological polar surface area (TPSA) is 61.3 Å². The number of benzene rings is 2. The van der Waals surface area contributed by atoms with Crippen molar-refractivity contribution < 1.29 is 4.74 Å². The van der Waals surface area contributed by atoms with Crippen LogP contribution >= 0.6 is 0 Å². The molecule has 0 unspecified atom stereocenters. The van der Waals surface area contributed by atoms with E-state index in [1.54, 1.807) is 7.11 Å². The van der Waals surface area contributed by atoms with Crippen LogP contribution in [0.5, 0.6) is 5.75 Å². The zero-order valence-electron chi connectivity index (χ0n) is 11.1. The molecule has 0 aliphatic rings. The molecule has 3 nitrogen and oxygen atoms in total. The second-order valence-corrected chi connectivity index (χ2v) is 4.16. The molecule has 4 N–H and O–H groups in total. The van der Waals surface area contributed by atoms with E-state index in [1.807, 2.05) is 56.3 Å². The Kier molecular flexibility index (Phi) is 5.06. The van der Waals surface area contributed by atoms with Gasteiger partial charge in [0, 0.05) is 5.69 Å². The number of rotatable bonds is 1. The van der Waals surface area contributed by atoms with Gasteiger partial charge in [-0.1, -0.05) is 18.2 Å². The molecule has 0 atom stereocenters. The van der Waals surface area contributed by atoms with Crippen molar-refractivity contribution in [1.29, 1.82) is 0 Å². The summed E-state index contributed by atoms with van der Waals surface area (Å²) >= 11 is 0. The first-order valence-electron chi connectivity index (χ1n) is 5.75. The van der Waals surface area contributed by atoms with Crippen LogP contribution in [0.25, 0.3) is 0 Å². The molecule has 0 saturated heterocycles. The van der Waals surface area contributed by atoms with Gasteiger partial charge in [-0.2, -0.15) is 0 Å². The minimum Gasteiger partial charge on any atom is -0.495 e. The highest BCUT2D eigenvalue weighted by Gasteiger charge is 1.95. The molecule has 3 heteroatoms. The van der Waals surface area contributed by atoms with Gasteiger partial charge in [0.25, 0.3) is 0 Å². The van der Waals surface area contributed by atoms with Crippen LogP contribution in [0.4, 0.5) is 11.4 Å². The first-order valence-corrected chi connectivity index (χ1v) is 5.75. The second kappa shape index (κ2) is 6.55. The van der Waals surface area contributed by atoms with Gasteiger partial charge in [-0.3, -0.25) is 0 Å². The lowest BCUT2D eigenvalue weighted by Gasteiger charge is -2.03. The smallest absolute Gasteiger partial charge is 0.141 e. The van der Waals surface area contributed by atoms with Crippen molar-refractivity contribution in [3.63, 3.8) is 0 Å². The molecule has 0 radical (unpaired) electrons. The van der Waals surface area contributed by atoms with Gasteiger partial charge in [-0.05, 0) is 49.2 Å². The summed E-state index contributed by atoms with van der Waals surface area (Å²) in [6.45, 7) is 4.02. The maximum absolute atomic E-state index is 5.61. The average Bonchev–Trinajstić information content (AvgIpc) is 2.29. The Morgan fingerprint density at radius 2 is 1.56 bits per heavy atom. The average molecular weight is 244 g/mol. The zero-order valence-corrected chi connectivity index (χ0v) is 11.1. The molecule has 0 aliphatic carbocycles. The summed E-state index contributed by atoms with van der Waals surface area (Å²) in [7, 11) is 1.61. The van der Waals surface area contributed by atoms with Crippen LogP contribution in [0.2, 0.25) is 0 Å². The standard InChI is InChI=1S/C8H11NO.C7H9N/c1-6-3-4-8(10-2)7(9)5-6;1-6-3-2-4-7(8)5-6/h3-5H,9H2,1-2H3;2-5H,8H2,1H3. The minimum atomic E-state index is 0.697. The number of hydrogen-bond donors (Lipinski definition) is 2. The Hall–Kier alpha value is -2.16. The van der Waals surface area contributed by atoms with Crippen LogP contribution in [0.3, 0.4) is 0 Å². The molecule has 0 heterocycles. The molecule has 0 fully saturated rings. The fraction of sp³-hybridized carbons (Fsp3) is 0.200. The summed E-state index contributed by atoms with van der Waals surface area (Å²) in [5.41, 5.74) is 15.0. The Balaban J connectivity index is 0.000000184. The first kappa shape index (κ1) is 13.9. The summed E-state index contributed by atoms with van der Waals surface area (Å²) in [5, 5.41) is 0. The van der Waals surface area contributed by atoms with E-state index in [0.29, 0.717) is 5.69 Å². The van der Waals surface area contributed by atoms with Gasteiger partial charge in [0.2, 0.25) is 0 Å². The van der Waals surface area contributed by atoms with Gasteiger partial charge in [-0.25, -0.2) is 0 Å². The van der Waals surface area contributed by atoms with E-state index in [1.165, 1.54) is 5.56 Å². The van der Waals surface area contributed by atoms with E-state index in [2.05, 4.69) is 0 Å². The SMILES string of the molecule is COc1ccc(C)cc1N.Cc1cccc(N)c1. The van der Waals surface area contributed by atoms with Crippen molar-refractivity contribution >= 4 is 11.4 Å². The highest BCUT2D eigenvalue weighted by Crippen LogP contribution is 2.20. The molecule has 0 aromatic heterocycles. The summed E-state index contributed by atoms with van der Waals surface area (Å²) in [6.07, 6.45) is 0. The molecule has 96 valence electrons. The number of anilines is 2. The third-order valence-corrected chi connectivity index (χ3v) is 2.43. The molecule has 0 spiro atoms. The van der Waals surface area contributed by atoms with E-state index >= 15 is 0 Å². The molecular formula is C15H20N2O.